The molecule has 1 saturated heterocycles. The summed E-state index contributed by atoms with van der Waals surface area (Å²) >= 11 is 0. The van der Waals surface area contributed by atoms with Crippen molar-refractivity contribution < 1.29 is 18.7 Å². The number of methoxy groups -OCH3 is 1. The minimum Gasteiger partial charge on any atom is -0.494 e. The second-order valence-corrected chi connectivity index (χ2v) is 4.84. The lowest BCUT2D eigenvalue weighted by Crippen LogP contribution is -2.43. The molecule has 0 radical (unpaired) electrons. The normalized spacial score (nSPS) is 17.6. The number of carbonyl (C=O) groups is 2. The maximum absolute atomic E-state index is 14.0. The Bertz CT molecular complexity index is 543. The monoisotopic (exact) mass is 266 g/mol. The number of rotatable bonds is 3. The van der Waals surface area contributed by atoms with Crippen LogP contribution in [0.4, 0.5) is 9.18 Å². The summed E-state index contributed by atoms with van der Waals surface area (Å²) in [6, 6.07) is 4.18. The second kappa shape index (κ2) is 4.53. The average molecular weight is 266 g/mol. The van der Waals surface area contributed by atoms with Crippen LogP contribution in [0.15, 0.2) is 18.2 Å². The first-order valence-corrected chi connectivity index (χ1v) is 5.82. The van der Waals surface area contributed by atoms with E-state index in [4.69, 9.17) is 4.74 Å². The molecule has 1 aliphatic rings. The van der Waals surface area contributed by atoms with Gasteiger partial charge in [-0.05, 0) is 19.9 Å². The molecule has 19 heavy (non-hydrogen) atoms. The fourth-order valence-corrected chi connectivity index (χ4v) is 1.97. The molecular weight excluding hydrogens is 251 g/mol. The number of nitrogens with zero attached hydrogens (tertiary/aromatic N) is 1. The summed E-state index contributed by atoms with van der Waals surface area (Å²) in [4.78, 5) is 24.6. The Morgan fingerprint density at radius 1 is 1.37 bits per heavy atom. The number of benzene rings is 1. The van der Waals surface area contributed by atoms with Crippen molar-refractivity contribution in [3.05, 3.63) is 29.6 Å². The lowest BCUT2D eigenvalue weighted by molar-refractivity contribution is -0.125. The highest BCUT2D eigenvalue weighted by Crippen LogP contribution is 2.27. The molecule has 3 amide bonds. The van der Waals surface area contributed by atoms with Crippen LogP contribution in [-0.2, 0) is 11.3 Å². The zero-order chi connectivity index (χ0) is 14.2. The molecule has 0 aliphatic carbocycles. The molecule has 1 N–H and O–H groups in total. The first-order chi connectivity index (χ1) is 8.87. The van der Waals surface area contributed by atoms with Crippen molar-refractivity contribution in [2.24, 2.45) is 0 Å². The highest BCUT2D eigenvalue weighted by Gasteiger charge is 2.45. The Morgan fingerprint density at radius 2 is 2.05 bits per heavy atom. The van der Waals surface area contributed by atoms with E-state index in [2.05, 4.69) is 5.32 Å². The summed E-state index contributed by atoms with van der Waals surface area (Å²) in [5, 5.41) is 2.22. The summed E-state index contributed by atoms with van der Waals surface area (Å²) in [7, 11) is 1.37. The van der Waals surface area contributed by atoms with Gasteiger partial charge in [-0.15, -0.1) is 0 Å². The lowest BCUT2D eigenvalue weighted by Gasteiger charge is -2.28. The molecular formula is C13H15FN2O3. The number of amides is 3. The Morgan fingerprint density at radius 3 is 2.58 bits per heavy atom. The van der Waals surface area contributed by atoms with Crippen LogP contribution in [0.1, 0.15) is 19.4 Å². The van der Waals surface area contributed by atoms with Gasteiger partial charge in [0, 0.05) is 5.56 Å². The Balaban J connectivity index is 2.31. The quantitative estimate of drug-likeness (QED) is 0.846. The fourth-order valence-electron chi connectivity index (χ4n) is 1.97. The molecule has 1 aromatic rings. The summed E-state index contributed by atoms with van der Waals surface area (Å²) in [5.74, 6) is -0.796. The summed E-state index contributed by atoms with van der Waals surface area (Å²) in [6.45, 7) is 3.24. The van der Waals surface area contributed by atoms with Crippen LogP contribution in [0.3, 0.4) is 0 Å². The zero-order valence-electron chi connectivity index (χ0n) is 11.0. The van der Waals surface area contributed by atoms with E-state index < -0.39 is 17.4 Å². The van der Waals surface area contributed by atoms with Crippen molar-refractivity contribution in [1.82, 2.24) is 10.2 Å². The van der Waals surface area contributed by atoms with Crippen molar-refractivity contribution in [3.8, 4) is 5.75 Å². The van der Waals surface area contributed by atoms with Gasteiger partial charge in [0.2, 0.25) is 0 Å². The van der Waals surface area contributed by atoms with Gasteiger partial charge in [0.25, 0.3) is 5.91 Å². The van der Waals surface area contributed by atoms with E-state index in [0.717, 1.165) is 0 Å². The van der Waals surface area contributed by atoms with E-state index in [0.29, 0.717) is 5.56 Å². The van der Waals surface area contributed by atoms with Gasteiger partial charge >= 0.3 is 6.03 Å². The molecule has 0 bridgehead atoms. The van der Waals surface area contributed by atoms with Crippen molar-refractivity contribution in [3.63, 3.8) is 0 Å². The van der Waals surface area contributed by atoms with Gasteiger partial charge in [-0.25, -0.2) is 9.18 Å². The third-order valence-corrected chi connectivity index (χ3v) is 3.29. The zero-order valence-corrected chi connectivity index (χ0v) is 11.0. The molecule has 1 fully saturated rings. The second-order valence-electron chi connectivity index (χ2n) is 4.84. The molecule has 102 valence electrons. The standard InChI is InChI=1S/C13H15FN2O3/c1-13(2)11(17)15-12(18)16(13)7-8-5-4-6-9(19-3)10(8)14/h4-6H,7H2,1-3H3,(H,15,17,18). The third kappa shape index (κ3) is 2.14. The molecule has 1 aliphatic heterocycles. The predicted molar refractivity (Wildman–Crippen MR) is 66.1 cm³/mol. The Hall–Kier alpha value is -2.11. The number of hydrogen-bond donors (Lipinski definition) is 1. The molecule has 0 atom stereocenters. The van der Waals surface area contributed by atoms with E-state index in [1.54, 1.807) is 26.0 Å². The van der Waals surface area contributed by atoms with Gasteiger partial charge in [-0.3, -0.25) is 10.1 Å². The largest absolute Gasteiger partial charge is 0.494 e. The Labute approximate surface area is 110 Å². The minimum atomic E-state index is -0.993. The molecule has 6 heteroatoms. The van der Waals surface area contributed by atoms with Gasteiger partial charge in [0.05, 0.1) is 13.7 Å². The molecule has 0 aromatic heterocycles. The van der Waals surface area contributed by atoms with Crippen molar-refractivity contribution in [2.75, 3.05) is 7.11 Å². The molecule has 5 nitrogen and oxygen atoms in total. The van der Waals surface area contributed by atoms with Crippen LogP contribution in [0, 0.1) is 5.82 Å². The van der Waals surface area contributed by atoms with Crippen molar-refractivity contribution >= 4 is 11.9 Å². The van der Waals surface area contributed by atoms with Crippen LogP contribution in [0.5, 0.6) is 5.75 Å². The van der Waals surface area contributed by atoms with Gasteiger partial charge in [0.15, 0.2) is 11.6 Å². The molecule has 1 heterocycles. The van der Waals surface area contributed by atoms with E-state index in [-0.39, 0.29) is 18.2 Å². The SMILES string of the molecule is COc1cccc(CN2C(=O)NC(=O)C2(C)C)c1F. The number of hydrogen-bond acceptors (Lipinski definition) is 3. The maximum Gasteiger partial charge on any atom is 0.325 e. The number of carbonyl (C=O) groups excluding carboxylic acids is 2. The number of halogens is 1. The fraction of sp³-hybridized carbons (Fsp3) is 0.385. The van der Waals surface area contributed by atoms with Crippen molar-refractivity contribution in [2.45, 2.75) is 25.9 Å². The van der Waals surface area contributed by atoms with Gasteiger partial charge in [-0.1, -0.05) is 12.1 Å². The van der Waals surface area contributed by atoms with Gasteiger partial charge < -0.3 is 9.64 Å². The first-order valence-electron chi connectivity index (χ1n) is 5.82. The van der Waals surface area contributed by atoms with Crippen molar-refractivity contribution in [1.29, 1.82) is 0 Å². The molecule has 0 saturated carbocycles. The first kappa shape index (κ1) is 13.3. The van der Waals surface area contributed by atoms with Crippen LogP contribution in [0.2, 0.25) is 0 Å². The predicted octanol–water partition coefficient (Wildman–Crippen LogP) is 1.66. The van der Waals surface area contributed by atoms with E-state index in [1.165, 1.54) is 18.1 Å². The number of ether oxygens (including phenoxy) is 1. The molecule has 0 spiro atoms. The minimum absolute atomic E-state index is 0.00755. The number of imide groups is 1. The smallest absolute Gasteiger partial charge is 0.325 e. The summed E-state index contributed by atoms with van der Waals surface area (Å²) in [6.07, 6.45) is 0. The lowest BCUT2D eigenvalue weighted by atomic mass is 10.0. The van der Waals surface area contributed by atoms with Crippen LogP contribution < -0.4 is 10.1 Å². The van der Waals surface area contributed by atoms with Gasteiger partial charge in [0.1, 0.15) is 5.54 Å². The summed E-state index contributed by atoms with van der Waals surface area (Å²) in [5.41, 5.74) is -0.690. The highest BCUT2D eigenvalue weighted by molar-refractivity contribution is 6.06. The van der Waals surface area contributed by atoms with Gasteiger partial charge in [-0.2, -0.15) is 0 Å². The molecule has 0 unspecified atom stereocenters. The van der Waals surface area contributed by atoms with E-state index >= 15 is 0 Å². The van der Waals surface area contributed by atoms with E-state index in [1.807, 2.05) is 0 Å². The number of urea groups is 1. The summed E-state index contributed by atoms with van der Waals surface area (Å²) < 4.78 is 18.9. The van der Waals surface area contributed by atoms with Crippen LogP contribution in [0.25, 0.3) is 0 Å². The van der Waals surface area contributed by atoms with Crippen LogP contribution >= 0.6 is 0 Å². The topological polar surface area (TPSA) is 58.6 Å². The van der Waals surface area contributed by atoms with Crippen LogP contribution in [-0.4, -0.2) is 29.5 Å². The average Bonchev–Trinajstić information content (AvgIpc) is 2.54. The highest BCUT2D eigenvalue weighted by atomic mass is 19.1. The van der Waals surface area contributed by atoms with E-state index in [9.17, 15) is 14.0 Å². The molecule has 2 rings (SSSR count). The number of nitrogens with one attached hydrogen (secondary N) is 1. The Kier molecular flexibility index (Phi) is 3.18. The third-order valence-electron chi connectivity index (χ3n) is 3.29. The molecule has 1 aromatic carbocycles. The maximum atomic E-state index is 14.0.